The molecular formula is C27H35N5O4. The van der Waals surface area contributed by atoms with E-state index in [0.717, 1.165) is 74.2 Å². The molecule has 0 atom stereocenters. The number of aryl methyl sites for hydroxylation is 1. The molecule has 9 nitrogen and oxygen atoms in total. The van der Waals surface area contributed by atoms with Crippen LogP contribution in [-0.2, 0) is 9.47 Å². The van der Waals surface area contributed by atoms with Gasteiger partial charge in [0, 0.05) is 69.4 Å². The Morgan fingerprint density at radius 3 is 2.61 bits per heavy atom. The molecule has 2 saturated heterocycles. The number of carbonyl (C=O) groups excluding carboxylic acids is 1. The lowest BCUT2D eigenvalue weighted by Gasteiger charge is -2.36. The number of methoxy groups -OCH3 is 1. The van der Waals surface area contributed by atoms with Crippen LogP contribution in [0.2, 0.25) is 0 Å². The Balaban J connectivity index is 1.28. The van der Waals surface area contributed by atoms with Crippen molar-refractivity contribution in [2.45, 2.75) is 38.6 Å². The number of pyridine rings is 1. The lowest BCUT2D eigenvalue weighted by Crippen LogP contribution is -2.50. The van der Waals surface area contributed by atoms with Crippen LogP contribution in [0.1, 0.15) is 47.6 Å². The van der Waals surface area contributed by atoms with Gasteiger partial charge in [0.15, 0.2) is 0 Å². The molecule has 1 saturated carbocycles. The molecule has 9 heteroatoms. The Hall–Kier alpha value is -2.75. The number of rotatable bonds is 6. The fraction of sp³-hybridized carbons (Fsp3) is 0.593. The fourth-order valence-corrected chi connectivity index (χ4v) is 6.02. The lowest BCUT2D eigenvalue weighted by molar-refractivity contribution is 0.0546. The van der Waals surface area contributed by atoms with Gasteiger partial charge in [-0.3, -0.25) is 19.2 Å². The molecule has 1 aliphatic carbocycles. The summed E-state index contributed by atoms with van der Waals surface area (Å²) in [5, 5.41) is 6.04. The number of fused-ring (bicyclic) bond motifs is 3. The zero-order chi connectivity index (χ0) is 24.9. The number of carbonyl (C=O) groups is 1. The average molecular weight is 494 g/mol. The maximum atomic E-state index is 13.7. The molecule has 1 amide bonds. The van der Waals surface area contributed by atoms with E-state index < -0.39 is 0 Å². The van der Waals surface area contributed by atoms with Crippen molar-refractivity contribution < 1.29 is 14.3 Å². The minimum absolute atomic E-state index is 0.0589. The topological polar surface area (TPSA) is 92.7 Å². The predicted molar refractivity (Wildman–Crippen MR) is 138 cm³/mol. The van der Waals surface area contributed by atoms with E-state index in [-0.39, 0.29) is 17.5 Å². The van der Waals surface area contributed by atoms with E-state index in [1.807, 2.05) is 28.6 Å². The number of hydrogen-bond acceptors (Lipinski definition) is 6. The normalized spacial score (nSPS) is 20.9. The van der Waals surface area contributed by atoms with Crippen LogP contribution in [0.4, 0.5) is 0 Å². The Morgan fingerprint density at radius 2 is 1.92 bits per heavy atom. The number of ether oxygens (including phenoxy) is 2. The standard InChI is InChI=1S/C27H35N5O4/c1-18-13-23-21(24-22(25(33)29-23)15-28-32(24)19-3-11-36-12-4-19)14-20(18)26(34)31-9-7-30(8-10-31)16-27(5-6-27)17-35-2/h13-15,19H,3-12,16-17H2,1-2H3,(H,29,33). The van der Waals surface area contributed by atoms with Gasteiger partial charge in [-0.1, -0.05) is 0 Å². The van der Waals surface area contributed by atoms with Gasteiger partial charge in [0.2, 0.25) is 0 Å². The first kappa shape index (κ1) is 23.6. The number of nitrogens with one attached hydrogen (secondary N) is 1. The second-order valence-electron chi connectivity index (χ2n) is 10.9. The Bertz CT molecular complexity index is 1340. The molecule has 0 spiro atoms. The lowest BCUT2D eigenvalue weighted by atomic mass is 10.0. The maximum absolute atomic E-state index is 13.7. The number of H-pyrrole nitrogens is 1. The van der Waals surface area contributed by atoms with Crippen LogP contribution in [0.5, 0.6) is 0 Å². The molecule has 4 heterocycles. The van der Waals surface area contributed by atoms with Crippen LogP contribution in [0.3, 0.4) is 0 Å². The zero-order valence-corrected chi connectivity index (χ0v) is 21.2. The van der Waals surface area contributed by atoms with Gasteiger partial charge < -0.3 is 19.4 Å². The highest BCUT2D eigenvalue weighted by molar-refractivity contribution is 6.07. The van der Waals surface area contributed by atoms with Crippen molar-refractivity contribution in [1.82, 2.24) is 24.6 Å². The van der Waals surface area contributed by atoms with E-state index in [0.29, 0.717) is 29.6 Å². The van der Waals surface area contributed by atoms with Crippen molar-refractivity contribution in [1.29, 1.82) is 0 Å². The van der Waals surface area contributed by atoms with Crippen LogP contribution in [-0.4, -0.2) is 90.1 Å². The highest BCUT2D eigenvalue weighted by Crippen LogP contribution is 2.46. The molecule has 6 rings (SSSR count). The van der Waals surface area contributed by atoms with Gasteiger partial charge >= 0.3 is 0 Å². The maximum Gasteiger partial charge on any atom is 0.259 e. The molecule has 0 bridgehead atoms. The van der Waals surface area contributed by atoms with Crippen LogP contribution in [0.15, 0.2) is 23.1 Å². The van der Waals surface area contributed by atoms with E-state index in [2.05, 4.69) is 15.0 Å². The van der Waals surface area contributed by atoms with Gasteiger partial charge in [0.25, 0.3) is 11.5 Å². The van der Waals surface area contributed by atoms with E-state index in [9.17, 15) is 9.59 Å². The molecule has 36 heavy (non-hydrogen) atoms. The third kappa shape index (κ3) is 4.23. The molecule has 0 unspecified atom stereocenters. The Labute approximate surface area is 210 Å². The van der Waals surface area contributed by atoms with E-state index in [4.69, 9.17) is 9.47 Å². The molecule has 3 aliphatic rings. The minimum atomic E-state index is -0.146. The number of aromatic nitrogens is 3. The van der Waals surface area contributed by atoms with Gasteiger partial charge in [-0.2, -0.15) is 5.10 Å². The monoisotopic (exact) mass is 493 g/mol. The van der Waals surface area contributed by atoms with Gasteiger partial charge in [-0.25, -0.2) is 0 Å². The van der Waals surface area contributed by atoms with E-state index in [1.165, 1.54) is 12.8 Å². The van der Waals surface area contributed by atoms with Crippen molar-refractivity contribution in [3.05, 3.63) is 39.8 Å². The molecular weight excluding hydrogens is 458 g/mol. The smallest absolute Gasteiger partial charge is 0.259 e. The fourth-order valence-electron chi connectivity index (χ4n) is 6.02. The summed E-state index contributed by atoms with van der Waals surface area (Å²) in [4.78, 5) is 33.9. The highest BCUT2D eigenvalue weighted by atomic mass is 16.5. The summed E-state index contributed by atoms with van der Waals surface area (Å²) >= 11 is 0. The highest BCUT2D eigenvalue weighted by Gasteiger charge is 2.44. The van der Waals surface area contributed by atoms with Crippen molar-refractivity contribution in [2.75, 3.05) is 59.7 Å². The van der Waals surface area contributed by atoms with Gasteiger partial charge in [-0.15, -0.1) is 0 Å². The molecule has 1 N–H and O–H groups in total. The van der Waals surface area contributed by atoms with Crippen LogP contribution in [0.25, 0.3) is 21.8 Å². The summed E-state index contributed by atoms with van der Waals surface area (Å²) in [6.07, 6.45) is 5.84. The van der Waals surface area contributed by atoms with Crippen molar-refractivity contribution in [3.63, 3.8) is 0 Å². The van der Waals surface area contributed by atoms with Crippen LogP contribution >= 0.6 is 0 Å². The van der Waals surface area contributed by atoms with E-state index in [1.54, 1.807) is 13.3 Å². The van der Waals surface area contributed by atoms with E-state index >= 15 is 0 Å². The summed E-state index contributed by atoms with van der Waals surface area (Å²) in [5.74, 6) is 0.0589. The number of nitrogens with zero attached hydrogens (tertiary/aromatic N) is 4. The minimum Gasteiger partial charge on any atom is -0.384 e. The third-order valence-corrected chi connectivity index (χ3v) is 8.30. The molecule has 2 aromatic heterocycles. The Morgan fingerprint density at radius 1 is 1.17 bits per heavy atom. The van der Waals surface area contributed by atoms with Crippen molar-refractivity contribution >= 4 is 27.7 Å². The predicted octanol–water partition coefficient (Wildman–Crippen LogP) is 2.72. The second kappa shape index (κ2) is 9.28. The zero-order valence-electron chi connectivity index (χ0n) is 21.2. The van der Waals surface area contributed by atoms with Gasteiger partial charge in [0.05, 0.1) is 35.3 Å². The summed E-state index contributed by atoms with van der Waals surface area (Å²) in [6.45, 7) is 8.42. The van der Waals surface area contributed by atoms with Crippen LogP contribution < -0.4 is 5.56 Å². The number of aromatic amines is 1. The first-order valence-electron chi connectivity index (χ1n) is 13.1. The number of piperazine rings is 1. The molecule has 192 valence electrons. The third-order valence-electron chi connectivity index (χ3n) is 8.30. The molecule has 3 aromatic rings. The SMILES string of the molecule is COCC1(CN2CCN(C(=O)c3cc4c(cc3C)[nH]c(=O)c3cnn(C5CCOCC5)c34)CC2)CC1. The van der Waals surface area contributed by atoms with Gasteiger partial charge in [0.1, 0.15) is 0 Å². The summed E-state index contributed by atoms with van der Waals surface area (Å²) in [5.41, 5.74) is 3.31. The molecule has 2 aliphatic heterocycles. The first-order chi connectivity index (χ1) is 17.5. The van der Waals surface area contributed by atoms with Crippen molar-refractivity contribution in [2.24, 2.45) is 5.41 Å². The van der Waals surface area contributed by atoms with Crippen LogP contribution in [0, 0.1) is 12.3 Å². The van der Waals surface area contributed by atoms with Crippen molar-refractivity contribution in [3.8, 4) is 0 Å². The first-order valence-corrected chi connectivity index (χ1v) is 13.1. The number of amides is 1. The molecule has 3 fully saturated rings. The molecule has 1 aromatic carbocycles. The summed E-state index contributed by atoms with van der Waals surface area (Å²) in [6, 6.07) is 4.08. The second-order valence-corrected chi connectivity index (χ2v) is 10.9. The quantitative estimate of drug-likeness (QED) is 0.568. The number of hydrogen-bond donors (Lipinski definition) is 1. The average Bonchev–Trinajstić information content (AvgIpc) is 3.48. The van der Waals surface area contributed by atoms with Gasteiger partial charge in [-0.05, 0) is 50.3 Å². The molecule has 0 radical (unpaired) electrons. The largest absolute Gasteiger partial charge is 0.384 e. The number of benzene rings is 1. The summed E-state index contributed by atoms with van der Waals surface area (Å²) in [7, 11) is 1.78. The summed E-state index contributed by atoms with van der Waals surface area (Å²) < 4.78 is 12.9. The Kier molecular flexibility index (Phi) is 6.09.